The minimum Gasteiger partial charge on any atom is -0.381 e. The number of carbonyl (C=O) groups excluding carboxylic acids is 1. The van der Waals surface area contributed by atoms with Gasteiger partial charge < -0.3 is 9.64 Å². The number of nitrogens with zero attached hydrogens (tertiary/aromatic N) is 3. The van der Waals surface area contributed by atoms with Crippen molar-refractivity contribution in [3.8, 4) is 0 Å². The third-order valence-corrected chi connectivity index (χ3v) is 5.04. The molecule has 0 spiro atoms. The predicted molar refractivity (Wildman–Crippen MR) is 86.0 cm³/mol. The average Bonchev–Trinajstić information content (AvgIpc) is 3.09. The van der Waals surface area contributed by atoms with Gasteiger partial charge in [0.2, 0.25) is 5.91 Å². The van der Waals surface area contributed by atoms with Crippen LogP contribution in [0.25, 0.3) is 11.0 Å². The van der Waals surface area contributed by atoms with Gasteiger partial charge in [0.25, 0.3) is 0 Å². The third-order valence-electron chi connectivity index (χ3n) is 5.04. The molecule has 0 aromatic carbocycles. The number of hydrogen-bond acceptors (Lipinski definition) is 4. The van der Waals surface area contributed by atoms with Crippen LogP contribution in [0.15, 0.2) is 18.3 Å². The van der Waals surface area contributed by atoms with Crippen molar-refractivity contribution in [3.05, 3.63) is 24.0 Å². The molecule has 23 heavy (non-hydrogen) atoms. The lowest BCUT2D eigenvalue weighted by molar-refractivity contribution is -0.139. The van der Waals surface area contributed by atoms with Crippen LogP contribution in [0.3, 0.4) is 0 Å². The fraction of sp³-hybridized carbons (Fsp3) is 0.588. The number of rotatable bonds is 2. The fourth-order valence-corrected chi connectivity index (χ4v) is 3.69. The first kappa shape index (κ1) is 14.6. The smallest absolute Gasteiger partial charge is 0.225 e. The van der Waals surface area contributed by atoms with Gasteiger partial charge in [-0.15, -0.1) is 0 Å². The lowest BCUT2D eigenvalue weighted by atomic mass is 9.91. The van der Waals surface area contributed by atoms with E-state index in [1.54, 1.807) is 6.20 Å². The Morgan fingerprint density at radius 1 is 1.26 bits per heavy atom. The minimum atomic E-state index is 0.144. The van der Waals surface area contributed by atoms with Crippen molar-refractivity contribution in [2.75, 3.05) is 26.3 Å². The number of likely N-dealkylation sites (tertiary alicyclic amines) is 1. The number of carbonyl (C=O) groups is 1. The van der Waals surface area contributed by atoms with Gasteiger partial charge in [-0.3, -0.25) is 9.89 Å². The summed E-state index contributed by atoms with van der Waals surface area (Å²) in [6.07, 6.45) is 5.64. The average molecular weight is 314 g/mol. The van der Waals surface area contributed by atoms with Gasteiger partial charge in [0.1, 0.15) is 0 Å². The lowest BCUT2D eigenvalue weighted by Gasteiger charge is -2.35. The Hall–Kier alpha value is -1.95. The van der Waals surface area contributed by atoms with Crippen molar-refractivity contribution in [2.24, 2.45) is 5.92 Å². The highest BCUT2D eigenvalue weighted by Gasteiger charge is 2.31. The van der Waals surface area contributed by atoms with E-state index in [-0.39, 0.29) is 5.92 Å². The zero-order valence-electron chi connectivity index (χ0n) is 13.2. The second-order valence-electron chi connectivity index (χ2n) is 6.55. The highest BCUT2D eigenvalue weighted by molar-refractivity contribution is 5.79. The molecule has 1 unspecified atom stereocenters. The van der Waals surface area contributed by atoms with E-state index in [1.165, 1.54) is 0 Å². The van der Waals surface area contributed by atoms with Crippen LogP contribution in [0.5, 0.6) is 0 Å². The van der Waals surface area contributed by atoms with Crippen LogP contribution in [0, 0.1) is 5.92 Å². The molecule has 1 N–H and O–H groups in total. The topological polar surface area (TPSA) is 71.1 Å². The second-order valence-corrected chi connectivity index (χ2v) is 6.55. The highest BCUT2D eigenvalue weighted by Crippen LogP contribution is 2.29. The summed E-state index contributed by atoms with van der Waals surface area (Å²) < 4.78 is 5.37. The van der Waals surface area contributed by atoms with Crippen LogP contribution in [0.4, 0.5) is 0 Å². The van der Waals surface area contributed by atoms with Gasteiger partial charge in [0, 0.05) is 49.2 Å². The van der Waals surface area contributed by atoms with Gasteiger partial charge in [0.05, 0.1) is 6.20 Å². The van der Waals surface area contributed by atoms with E-state index in [1.807, 2.05) is 4.90 Å². The second kappa shape index (κ2) is 6.28. The van der Waals surface area contributed by atoms with Gasteiger partial charge in [-0.1, -0.05) is 0 Å². The Labute approximate surface area is 135 Å². The van der Waals surface area contributed by atoms with Crippen molar-refractivity contribution in [1.29, 1.82) is 0 Å². The maximum Gasteiger partial charge on any atom is 0.225 e. The molecule has 122 valence electrons. The zero-order chi connectivity index (χ0) is 15.6. The maximum atomic E-state index is 12.7. The molecule has 0 radical (unpaired) electrons. The number of ether oxygens (including phenoxy) is 1. The molecule has 4 rings (SSSR count). The molecule has 2 aromatic heterocycles. The van der Waals surface area contributed by atoms with Gasteiger partial charge in [0.15, 0.2) is 5.65 Å². The minimum absolute atomic E-state index is 0.144. The van der Waals surface area contributed by atoms with Crippen molar-refractivity contribution in [2.45, 2.75) is 31.6 Å². The monoisotopic (exact) mass is 314 g/mol. The van der Waals surface area contributed by atoms with Crippen LogP contribution >= 0.6 is 0 Å². The third kappa shape index (κ3) is 2.95. The lowest BCUT2D eigenvalue weighted by Crippen LogP contribution is -2.43. The molecule has 0 bridgehead atoms. The van der Waals surface area contributed by atoms with Crippen LogP contribution in [0.1, 0.15) is 37.3 Å². The summed E-state index contributed by atoms with van der Waals surface area (Å²) in [6, 6.07) is 4.13. The summed E-state index contributed by atoms with van der Waals surface area (Å²) in [7, 11) is 0. The number of piperidine rings is 1. The van der Waals surface area contributed by atoms with Crippen molar-refractivity contribution >= 4 is 16.9 Å². The molecule has 2 aliphatic rings. The molecule has 2 fully saturated rings. The molecule has 2 aromatic rings. The molecule has 1 amide bonds. The zero-order valence-corrected chi connectivity index (χ0v) is 13.2. The molecular weight excluding hydrogens is 292 g/mol. The van der Waals surface area contributed by atoms with Gasteiger partial charge >= 0.3 is 0 Å². The van der Waals surface area contributed by atoms with Crippen LogP contribution in [-0.2, 0) is 9.53 Å². The summed E-state index contributed by atoms with van der Waals surface area (Å²) in [5.74, 6) is 0.770. The normalized spacial score (nSPS) is 23.3. The Morgan fingerprint density at radius 3 is 3.00 bits per heavy atom. The van der Waals surface area contributed by atoms with Crippen LogP contribution in [-0.4, -0.2) is 52.3 Å². The molecule has 4 heterocycles. The van der Waals surface area contributed by atoms with E-state index in [4.69, 9.17) is 4.74 Å². The number of aromatic amines is 1. The fourth-order valence-electron chi connectivity index (χ4n) is 3.69. The summed E-state index contributed by atoms with van der Waals surface area (Å²) in [6.45, 7) is 3.08. The largest absolute Gasteiger partial charge is 0.381 e. The highest BCUT2D eigenvalue weighted by atomic mass is 16.5. The summed E-state index contributed by atoms with van der Waals surface area (Å²) in [4.78, 5) is 19.5. The molecule has 1 atom stereocenters. The summed E-state index contributed by atoms with van der Waals surface area (Å²) in [5, 5.41) is 7.98. The molecule has 2 saturated heterocycles. The molecule has 2 aliphatic heterocycles. The number of aromatic nitrogens is 3. The summed E-state index contributed by atoms with van der Waals surface area (Å²) in [5.41, 5.74) is 1.89. The van der Waals surface area contributed by atoms with Crippen molar-refractivity contribution in [3.63, 3.8) is 0 Å². The first-order chi connectivity index (χ1) is 11.3. The van der Waals surface area contributed by atoms with Gasteiger partial charge in [-0.05, 0) is 37.8 Å². The molecule has 0 saturated carbocycles. The Bertz CT molecular complexity index is 693. The molecule has 0 aliphatic carbocycles. The Balaban J connectivity index is 1.48. The number of nitrogens with one attached hydrogen (secondary N) is 1. The standard InChI is InChI=1S/C17H22N4O2/c22-17(12-5-8-23-9-6-12)21-7-1-2-14(11-21)15-4-3-13-10-18-20-16(13)19-15/h3-4,10,12,14H,1-2,5-9,11H2,(H,18,19,20). The van der Waals surface area contributed by atoms with Crippen LogP contribution in [0.2, 0.25) is 0 Å². The molecule has 6 heteroatoms. The number of pyridine rings is 1. The number of hydrogen-bond donors (Lipinski definition) is 1. The predicted octanol–water partition coefficient (Wildman–Crippen LogP) is 2.09. The van der Waals surface area contributed by atoms with E-state index in [0.29, 0.717) is 25.0 Å². The summed E-state index contributed by atoms with van der Waals surface area (Å²) >= 11 is 0. The number of amides is 1. The molecule has 6 nitrogen and oxygen atoms in total. The number of fused-ring (bicyclic) bond motifs is 1. The van der Waals surface area contributed by atoms with Gasteiger partial charge in [-0.25, -0.2) is 4.98 Å². The van der Waals surface area contributed by atoms with E-state index in [2.05, 4.69) is 27.3 Å². The van der Waals surface area contributed by atoms with E-state index < -0.39 is 0 Å². The van der Waals surface area contributed by atoms with E-state index in [9.17, 15) is 4.79 Å². The SMILES string of the molecule is O=C(C1CCOCC1)N1CCCC(c2ccc3cn[nH]c3n2)C1. The van der Waals surface area contributed by atoms with Crippen LogP contribution < -0.4 is 0 Å². The van der Waals surface area contributed by atoms with Crippen molar-refractivity contribution < 1.29 is 9.53 Å². The van der Waals surface area contributed by atoms with E-state index in [0.717, 1.165) is 55.5 Å². The molecular formula is C17H22N4O2. The Kier molecular flexibility index (Phi) is 3.99. The first-order valence-corrected chi connectivity index (χ1v) is 8.48. The van der Waals surface area contributed by atoms with Crippen molar-refractivity contribution in [1.82, 2.24) is 20.1 Å². The quantitative estimate of drug-likeness (QED) is 0.921. The Morgan fingerprint density at radius 2 is 2.13 bits per heavy atom. The van der Waals surface area contributed by atoms with Gasteiger partial charge in [-0.2, -0.15) is 5.10 Å². The van der Waals surface area contributed by atoms with E-state index >= 15 is 0 Å². The maximum absolute atomic E-state index is 12.7. The first-order valence-electron chi connectivity index (χ1n) is 8.48. The number of H-pyrrole nitrogens is 1.